The highest BCUT2D eigenvalue weighted by Crippen LogP contribution is 2.42. The summed E-state index contributed by atoms with van der Waals surface area (Å²) in [5.41, 5.74) is 5.04. The van der Waals surface area contributed by atoms with E-state index in [1.54, 1.807) is 12.1 Å². The molecule has 1 aromatic carbocycles. The lowest BCUT2D eigenvalue weighted by Crippen LogP contribution is -2.38. The molecule has 0 radical (unpaired) electrons. The molecule has 29 heavy (non-hydrogen) atoms. The zero-order valence-corrected chi connectivity index (χ0v) is 17.8. The number of aliphatic carboxylic acids is 1. The van der Waals surface area contributed by atoms with E-state index in [9.17, 15) is 14.3 Å². The molecule has 1 saturated heterocycles. The lowest BCUT2D eigenvalue weighted by Gasteiger charge is -2.40. The number of piperidine rings is 1. The number of hydrogen-bond donors (Lipinski definition) is 1. The first-order valence-electron chi connectivity index (χ1n) is 9.93. The number of carboxylic acid groups (broad SMARTS) is 1. The van der Waals surface area contributed by atoms with E-state index in [1.165, 1.54) is 13.2 Å². The van der Waals surface area contributed by atoms with Gasteiger partial charge in [0.15, 0.2) is 11.6 Å². The van der Waals surface area contributed by atoms with E-state index in [0.717, 1.165) is 59.7 Å². The minimum absolute atomic E-state index is 0.0976. The largest absolute Gasteiger partial charge is 0.494 e. The monoisotopic (exact) mass is 400 g/mol. The third kappa shape index (κ3) is 4.36. The summed E-state index contributed by atoms with van der Waals surface area (Å²) in [6, 6.07) is 4.75. The summed E-state index contributed by atoms with van der Waals surface area (Å²) in [6.07, 6.45) is 1.94. The number of nitrogens with zero attached hydrogens (tertiary/aromatic N) is 2. The van der Waals surface area contributed by atoms with E-state index < -0.39 is 11.8 Å². The fourth-order valence-corrected chi connectivity index (χ4v) is 4.08. The van der Waals surface area contributed by atoms with Crippen LogP contribution in [0.3, 0.4) is 0 Å². The van der Waals surface area contributed by atoms with Crippen LogP contribution in [0, 0.1) is 25.1 Å². The summed E-state index contributed by atoms with van der Waals surface area (Å²) in [7, 11) is 1.44. The van der Waals surface area contributed by atoms with Crippen molar-refractivity contribution >= 4 is 11.7 Å². The van der Waals surface area contributed by atoms with E-state index >= 15 is 0 Å². The van der Waals surface area contributed by atoms with Gasteiger partial charge in [-0.25, -0.2) is 4.39 Å². The molecule has 1 N–H and O–H groups in total. The average Bonchev–Trinajstić information content (AvgIpc) is 2.64. The maximum absolute atomic E-state index is 14.0. The van der Waals surface area contributed by atoms with E-state index in [-0.39, 0.29) is 17.6 Å². The Morgan fingerprint density at radius 2 is 1.90 bits per heavy atom. The third-order valence-corrected chi connectivity index (χ3v) is 5.86. The highest BCUT2D eigenvalue weighted by Gasteiger charge is 2.30. The van der Waals surface area contributed by atoms with Crippen molar-refractivity contribution in [2.75, 3.05) is 25.1 Å². The van der Waals surface area contributed by atoms with Crippen LogP contribution in [0.4, 0.5) is 10.1 Å². The molecule has 0 aliphatic carbocycles. The van der Waals surface area contributed by atoms with Crippen molar-refractivity contribution in [1.82, 2.24) is 4.98 Å². The van der Waals surface area contributed by atoms with Crippen LogP contribution in [-0.2, 0) is 11.2 Å². The molecular weight excluding hydrogens is 371 g/mol. The molecule has 0 unspecified atom stereocenters. The van der Waals surface area contributed by atoms with Gasteiger partial charge in [-0.1, -0.05) is 19.9 Å². The van der Waals surface area contributed by atoms with E-state index in [1.807, 2.05) is 13.8 Å². The molecule has 0 saturated carbocycles. The number of anilines is 1. The summed E-state index contributed by atoms with van der Waals surface area (Å²) in [4.78, 5) is 18.5. The van der Waals surface area contributed by atoms with Crippen molar-refractivity contribution in [2.24, 2.45) is 5.41 Å². The Balaban J connectivity index is 2.23. The van der Waals surface area contributed by atoms with Crippen molar-refractivity contribution in [3.63, 3.8) is 0 Å². The van der Waals surface area contributed by atoms with Crippen molar-refractivity contribution in [3.05, 3.63) is 41.0 Å². The van der Waals surface area contributed by atoms with Gasteiger partial charge in [0.1, 0.15) is 0 Å². The van der Waals surface area contributed by atoms with Gasteiger partial charge in [0.2, 0.25) is 0 Å². The fraction of sp³-hybridized carbons (Fsp3) is 0.478. The number of benzene rings is 1. The normalized spacial score (nSPS) is 16.0. The number of carboxylic acids is 1. The van der Waals surface area contributed by atoms with Crippen LogP contribution in [0.25, 0.3) is 11.1 Å². The number of ether oxygens (including phenoxy) is 1. The number of carbonyl (C=O) groups is 1. The van der Waals surface area contributed by atoms with Crippen molar-refractivity contribution in [2.45, 2.75) is 47.0 Å². The first-order valence-corrected chi connectivity index (χ1v) is 9.93. The predicted molar refractivity (Wildman–Crippen MR) is 112 cm³/mol. The fourth-order valence-electron chi connectivity index (χ4n) is 4.08. The molecule has 3 rings (SSSR count). The zero-order valence-electron chi connectivity index (χ0n) is 17.8. The summed E-state index contributed by atoms with van der Waals surface area (Å²) >= 11 is 0. The van der Waals surface area contributed by atoms with Crippen molar-refractivity contribution in [3.8, 4) is 16.9 Å². The quantitative estimate of drug-likeness (QED) is 0.784. The van der Waals surface area contributed by atoms with Gasteiger partial charge in [-0.05, 0) is 49.8 Å². The number of halogens is 1. The van der Waals surface area contributed by atoms with E-state index in [2.05, 4.69) is 23.7 Å². The minimum Gasteiger partial charge on any atom is -0.494 e. The molecule has 0 atom stereocenters. The molecule has 156 valence electrons. The minimum atomic E-state index is -0.889. The summed E-state index contributed by atoms with van der Waals surface area (Å²) in [6.45, 7) is 9.98. The number of methoxy groups -OCH3 is 1. The SMILES string of the molecule is COc1cc(-c2c(C)nc(C)c(CC(=O)O)c2N2CCC(C)(C)CC2)ccc1F. The van der Waals surface area contributed by atoms with E-state index in [0.29, 0.717) is 0 Å². The Morgan fingerprint density at radius 3 is 2.48 bits per heavy atom. The molecule has 0 spiro atoms. The number of hydrogen-bond acceptors (Lipinski definition) is 4. The smallest absolute Gasteiger partial charge is 0.307 e. The molecule has 6 heteroatoms. The van der Waals surface area contributed by atoms with Crippen LogP contribution in [0.5, 0.6) is 5.75 Å². The predicted octanol–water partition coefficient (Wildman–Crippen LogP) is 4.77. The second-order valence-corrected chi connectivity index (χ2v) is 8.56. The molecule has 0 amide bonds. The second-order valence-electron chi connectivity index (χ2n) is 8.56. The molecule has 2 aromatic rings. The van der Waals surface area contributed by atoms with Gasteiger partial charge in [0, 0.05) is 35.6 Å². The Hall–Kier alpha value is -2.63. The Kier molecular flexibility index (Phi) is 5.82. The summed E-state index contributed by atoms with van der Waals surface area (Å²) in [5.74, 6) is -1.16. The molecule has 1 fully saturated rings. The van der Waals surface area contributed by atoms with Gasteiger partial charge >= 0.3 is 5.97 Å². The Labute approximate surface area is 171 Å². The molecule has 5 nitrogen and oxygen atoms in total. The van der Waals surface area contributed by atoms with Gasteiger partial charge in [-0.3, -0.25) is 9.78 Å². The molecule has 1 aliphatic rings. The summed E-state index contributed by atoms with van der Waals surface area (Å²) in [5, 5.41) is 9.53. The Morgan fingerprint density at radius 1 is 1.24 bits per heavy atom. The van der Waals surface area contributed by atoms with Crippen molar-refractivity contribution in [1.29, 1.82) is 0 Å². The third-order valence-electron chi connectivity index (χ3n) is 5.86. The van der Waals surface area contributed by atoms with E-state index in [4.69, 9.17) is 4.74 Å². The number of aromatic nitrogens is 1. The first-order chi connectivity index (χ1) is 13.6. The van der Waals surface area contributed by atoms with Gasteiger partial charge < -0.3 is 14.7 Å². The number of pyridine rings is 1. The highest BCUT2D eigenvalue weighted by molar-refractivity contribution is 5.86. The number of rotatable bonds is 5. The topological polar surface area (TPSA) is 62.7 Å². The van der Waals surface area contributed by atoms with Crippen LogP contribution in [0.1, 0.15) is 43.6 Å². The van der Waals surface area contributed by atoms with Crippen LogP contribution in [0.2, 0.25) is 0 Å². The highest BCUT2D eigenvalue weighted by atomic mass is 19.1. The maximum atomic E-state index is 14.0. The molecule has 1 aromatic heterocycles. The molecule has 0 bridgehead atoms. The Bertz CT molecular complexity index is 930. The lowest BCUT2D eigenvalue weighted by molar-refractivity contribution is -0.136. The molecule has 2 heterocycles. The molecular formula is C23H29FN2O3. The average molecular weight is 400 g/mol. The van der Waals surface area contributed by atoms with Gasteiger partial charge in [-0.15, -0.1) is 0 Å². The van der Waals surface area contributed by atoms with Crippen molar-refractivity contribution < 1.29 is 19.0 Å². The van der Waals surface area contributed by atoms with Gasteiger partial charge in [0.25, 0.3) is 0 Å². The summed E-state index contributed by atoms with van der Waals surface area (Å²) < 4.78 is 19.2. The van der Waals surface area contributed by atoms with Gasteiger partial charge in [0.05, 0.1) is 19.2 Å². The lowest BCUT2D eigenvalue weighted by atomic mass is 9.82. The second kappa shape index (κ2) is 8.01. The molecule has 1 aliphatic heterocycles. The first kappa shape index (κ1) is 21.1. The number of aryl methyl sites for hydroxylation is 2. The standard InChI is InChI=1S/C23H29FN2O3/c1-14-17(13-20(27)28)22(26-10-8-23(3,4)9-11-26)21(15(2)25-14)16-6-7-18(24)19(12-16)29-5/h6-7,12H,8-11,13H2,1-5H3,(H,27,28). The van der Waals surface area contributed by atoms with Crippen LogP contribution < -0.4 is 9.64 Å². The van der Waals surface area contributed by atoms with Crippen LogP contribution in [0.15, 0.2) is 18.2 Å². The maximum Gasteiger partial charge on any atom is 0.307 e. The zero-order chi connectivity index (χ0) is 21.3. The van der Waals surface area contributed by atoms with Crippen LogP contribution in [-0.4, -0.2) is 36.3 Å². The van der Waals surface area contributed by atoms with Gasteiger partial charge in [-0.2, -0.15) is 0 Å². The van der Waals surface area contributed by atoms with Crippen LogP contribution >= 0.6 is 0 Å².